The van der Waals surface area contributed by atoms with Crippen LogP contribution in [0.5, 0.6) is 0 Å². The minimum atomic E-state index is -0.569. The van der Waals surface area contributed by atoms with Crippen molar-refractivity contribution in [1.82, 2.24) is 5.32 Å². The van der Waals surface area contributed by atoms with Crippen LogP contribution in [0, 0.1) is 0 Å². The Morgan fingerprint density at radius 1 is 0.897 bits per heavy atom. The standard InChI is InChI=1S/C25H29NO3/c1-2-3-4-5-6-13-18-26-24(27)22-21(19-14-9-7-10-15-19)23(29-25(22)28)20-16-11-8-12-17-20/h7-12,14-17,23H,2-6,13,18H2,1H3,(H,26,27). The van der Waals surface area contributed by atoms with E-state index < -0.39 is 12.1 Å². The molecule has 1 N–H and O–H groups in total. The highest BCUT2D eigenvalue weighted by atomic mass is 16.5. The molecule has 152 valence electrons. The maximum atomic E-state index is 12.9. The van der Waals surface area contributed by atoms with Crippen LogP contribution < -0.4 is 5.32 Å². The first kappa shape index (κ1) is 20.8. The number of ether oxygens (including phenoxy) is 1. The normalized spacial score (nSPS) is 16.0. The second-order valence-corrected chi connectivity index (χ2v) is 7.37. The Hall–Kier alpha value is -2.88. The van der Waals surface area contributed by atoms with Crippen LogP contribution in [0.3, 0.4) is 0 Å². The van der Waals surface area contributed by atoms with Crippen LogP contribution in [0.2, 0.25) is 0 Å². The molecule has 1 heterocycles. The summed E-state index contributed by atoms with van der Waals surface area (Å²) in [5.74, 6) is -0.904. The minimum Gasteiger partial charge on any atom is -0.449 e. The molecular formula is C25H29NO3. The van der Waals surface area contributed by atoms with E-state index in [-0.39, 0.29) is 11.5 Å². The molecule has 2 aromatic carbocycles. The number of rotatable bonds is 10. The van der Waals surface area contributed by atoms with E-state index in [4.69, 9.17) is 4.74 Å². The summed E-state index contributed by atoms with van der Waals surface area (Å²) < 4.78 is 5.65. The Morgan fingerprint density at radius 2 is 1.52 bits per heavy atom. The molecule has 0 aromatic heterocycles. The van der Waals surface area contributed by atoms with Gasteiger partial charge in [-0.25, -0.2) is 4.79 Å². The summed E-state index contributed by atoms with van der Waals surface area (Å²) in [4.78, 5) is 25.5. The first-order valence-corrected chi connectivity index (χ1v) is 10.6. The number of carbonyl (C=O) groups excluding carboxylic acids is 2. The summed E-state index contributed by atoms with van der Waals surface area (Å²) >= 11 is 0. The molecule has 1 atom stereocenters. The van der Waals surface area contributed by atoms with Crippen molar-refractivity contribution in [1.29, 1.82) is 0 Å². The van der Waals surface area contributed by atoms with Crippen LogP contribution in [0.1, 0.15) is 62.7 Å². The molecule has 0 saturated carbocycles. The highest BCUT2D eigenvalue weighted by Gasteiger charge is 2.39. The minimum absolute atomic E-state index is 0.121. The highest BCUT2D eigenvalue weighted by Crippen LogP contribution is 2.41. The average Bonchev–Trinajstić information content (AvgIpc) is 3.11. The zero-order valence-corrected chi connectivity index (χ0v) is 17.0. The lowest BCUT2D eigenvalue weighted by Gasteiger charge is -2.15. The van der Waals surface area contributed by atoms with Crippen molar-refractivity contribution in [2.75, 3.05) is 6.54 Å². The van der Waals surface area contributed by atoms with E-state index in [9.17, 15) is 9.59 Å². The van der Waals surface area contributed by atoms with E-state index in [1.807, 2.05) is 60.7 Å². The van der Waals surface area contributed by atoms with Gasteiger partial charge in [0.15, 0.2) is 6.10 Å². The molecule has 3 rings (SSSR count). The van der Waals surface area contributed by atoms with Gasteiger partial charge in [-0.3, -0.25) is 4.79 Å². The fourth-order valence-electron chi connectivity index (χ4n) is 3.65. The van der Waals surface area contributed by atoms with Crippen LogP contribution in [-0.2, 0) is 14.3 Å². The Bertz CT molecular complexity index is 843. The van der Waals surface area contributed by atoms with Crippen molar-refractivity contribution in [3.8, 4) is 0 Å². The number of esters is 1. The first-order chi connectivity index (χ1) is 14.2. The fraction of sp³-hybridized carbons (Fsp3) is 0.360. The van der Waals surface area contributed by atoms with E-state index in [0.717, 1.165) is 24.0 Å². The second-order valence-electron chi connectivity index (χ2n) is 7.37. The Kier molecular flexibility index (Phi) is 7.62. The number of nitrogens with one attached hydrogen (secondary N) is 1. The lowest BCUT2D eigenvalue weighted by molar-refractivity contribution is -0.141. The predicted octanol–water partition coefficient (Wildman–Crippen LogP) is 5.22. The lowest BCUT2D eigenvalue weighted by atomic mass is 9.92. The van der Waals surface area contributed by atoms with Gasteiger partial charge >= 0.3 is 5.97 Å². The van der Waals surface area contributed by atoms with Crippen LogP contribution in [0.15, 0.2) is 66.2 Å². The average molecular weight is 392 g/mol. The van der Waals surface area contributed by atoms with Crippen molar-refractivity contribution < 1.29 is 14.3 Å². The number of cyclic esters (lactones) is 1. The fourth-order valence-corrected chi connectivity index (χ4v) is 3.65. The van der Waals surface area contributed by atoms with Gasteiger partial charge in [0.05, 0.1) is 0 Å². The predicted molar refractivity (Wildman–Crippen MR) is 115 cm³/mol. The highest BCUT2D eigenvalue weighted by molar-refractivity contribution is 6.24. The molecule has 0 aliphatic carbocycles. The molecule has 0 saturated heterocycles. The topological polar surface area (TPSA) is 55.4 Å². The third-order valence-electron chi connectivity index (χ3n) is 5.19. The van der Waals surface area contributed by atoms with Crippen molar-refractivity contribution in [3.63, 3.8) is 0 Å². The molecule has 0 radical (unpaired) electrons. The molecule has 1 aliphatic rings. The zero-order valence-electron chi connectivity index (χ0n) is 17.0. The summed E-state index contributed by atoms with van der Waals surface area (Å²) in [5.41, 5.74) is 2.45. The number of hydrogen-bond donors (Lipinski definition) is 1. The third-order valence-corrected chi connectivity index (χ3v) is 5.19. The molecule has 0 bridgehead atoms. The number of hydrogen-bond acceptors (Lipinski definition) is 3. The molecule has 0 spiro atoms. The van der Waals surface area contributed by atoms with E-state index in [2.05, 4.69) is 12.2 Å². The number of carbonyl (C=O) groups is 2. The molecule has 4 nitrogen and oxygen atoms in total. The van der Waals surface area contributed by atoms with Gasteiger partial charge in [-0.2, -0.15) is 0 Å². The van der Waals surface area contributed by atoms with E-state index in [1.165, 1.54) is 25.7 Å². The lowest BCUT2D eigenvalue weighted by Crippen LogP contribution is -2.28. The van der Waals surface area contributed by atoms with Crippen molar-refractivity contribution in [2.24, 2.45) is 0 Å². The molecule has 4 heteroatoms. The molecule has 1 aliphatic heterocycles. The van der Waals surface area contributed by atoms with Gasteiger partial charge in [0.2, 0.25) is 0 Å². The largest absolute Gasteiger partial charge is 0.449 e. The van der Waals surface area contributed by atoms with Gasteiger partial charge in [0.1, 0.15) is 5.57 Å². The monoisotopic (exact) mass is 391 g/mol. The quantitative estimate of drug-likeness (QED) is 0.343. The molecule has 0 fully saturated rings. The first-order valence-electron chi connectivity index (χ1n) is 10.6. The van der Waals surface area contributed by atoms with E-state index >= 15 is 0 Å². The number of benzene rings is 2. The summed E-state index contributed by atoms with van der Waals surface area (Å²) in [6.45, 7) is 2.77. The van der Waals surface area contributed by atoms with Crippen LogP contribution in [0.25, 0.3) is 5.57 Å². The van der Waals surface area contributed by atoms with E-state index in [1.54, 1.807) is 0 Å². The van der Waals surface area contributed by atoms with Gasteiger partial charge in [0, 0.05) is 12.1 Å². The number of amides is 1. The van der Waals surface area contributed by atoms with Gasteiger partial charge < -0.3 is 10.1 Å². The van der Waals surface area contributed by atoms with Gasteiger partial charge in [-0.05, 0) is 17.5 Å². The SMILES string of the molecule is CCCCCCCCNC(=O)C1=C(c2ccccc2)C(c2ccccc2)OC1=O. The molecule has 29 heavy (non-hydrogen) atoms. The smallest absolute Gasteiger partial charge is 0.345 e. The van der Waals surface area contributed by atoms with Gasteiger partial charge in [-0.1, -0.05) is 99.7 Å². The molecule has 2 aromatic rings. The number of unbranched alkanes of at least 4 members (excludes halogenated alkanes) is 5. The zero-order chi connectivity index (χ0) is 20.5. The Morgan fingerprint density at radius 3 is 2.21 bits per heavy atom. The van der Waals surface area contributed by atoms with Gasteiger partial charge in [-0.15, -0.1) is 0 Å². The summed E-state index contributed by atoms with van der Waals surface area (Å²) in [6.07, 6.45) is 6.33. The molecule has 1 amide bonds. The Labute approximate surface area is 173 Å². The summed E-state index contributed by atoms with van der Waals surface area (Å²) in [6, 6.07) is 19.1. The Balaban J connectivity index is 1.77. The van der Waals surface area contributed by atoms with Crippen molar-refractivity contribution in [3.05, 3.63) is 77.4 Å². The van der Waals surface area contributed by atoms with Crippen LogP contribution in [-0.4, -0.2) is 18.4 Å². The second kappa shape index (κ2) is 10.6. The summed E-state index contributed by atoms with van der Waals surface area (Å²) in [7, 11) is 0. The maximum Gasteiger partial charge on any atom is 0.345 e. The maximum absolute atomic E-state index is 12.9. The third kappa shape index (κ3) is 5.35. The molecular weight excluding hydrogens is 362 g/mol. The van der Waals surface area contributed by atoms with Crippen molar-refractivity contribution >= 4 is 17.4 Å². The van der Waals surface area contributed by atoms with E-state index in [0.29, 0.717) is 12.1 Å². The van der Waals surface area contributed by atoms with Crippen LogP contribution in [0.4, 0.5) is 0 Å². The van der Waals surface area contributed by atoms with Gasteiger partial charge in [0.25, 0.3) is 5.91 Å². The van der Waals surface area contributed by atoms with Crippen LogP contribution >= 0.6 is 0 Å². The summed E-state index contributed by atoms with van der Waals surface area (Å²) in [5, 5.41) is 2.92. The van der Waals surface area contributed by atoms with Crippen molar-refractivity contribution in [2.45, 2.75) is 51.6 Å². The molecule has 1 unspecified atom stereocenters.